The second-order valence-electron chi connectivity index (χ2n) is 8.51. The SMILES string of the molecule is c1cc(CC2CCCCC2)cc(-c2cc(CC3CCCCC3)ccn2)n1. The van der Waals surface area contributed by atoms with Gasteiger partial charge in [0.1, 0.15) is 0 Å². The smallest absolute Gasteiger partial charge is 0.0888 e. The van der Waals surface area contributed by atoms with E-state index in [1.807, 2.05) is 12.4 Å². The van der Waals surface area contributed by atoms with Crippen LogP contribution >= 0.6 is 0 Å². The minimum absolute atomic E-state index is 0.865. The van der Waals surface area contributed by atoms with Gasteiger partial charge in [-0.3, -0.25) is 9.97 Å². The van der Waals surface area contributed by atoms with Crippen molar-refractivity contribution in [3.05, 3.63) is 47.8 Å². The van der Waals surface area contributed by atoms with Gasteiger partial charge in [0.2, 0.25) is 0 Å². The van der Waals surface area contributed by atoms with E-state index in [-0.39, 0.29) is 0 Å². The van der Waals surface area contributed by atoms with Crippen LogP contribution in [0.5, 0.6) is 0 Å². The third-order valence-electron chi connectivity index (χ3n) is 6.41. The van der Waals surface area contributed by atoms with Crippen LogP contribution in [0.15, 0.2) is 36.7 Å². The van der Waals surface area contributed by atoms with Crippen LogP contribution in [0.3, 0.4) is 0 Å². The van der Waals surface area contributed by atoms with Crippen molar-refractivity contribution in [3.8, 4) is 11.4 Å². The molecule has 0 atom stereocenters. The molecule has 0 aliphatic heterocycles. The van der Waals surface area contributed by atoms with Crippen LogP contribution in [0.2, 0.25) is 0 Å². The normalized spacial score (nSPS) is 19.5. The number of nitrogens with zero attached hydrogens (tertiary/aromatic N) is 2. The Bertz CT molecular complexity index is 635. The summed E-state index contributed by atoms with van der Waals surface area (Å²) in [6.45, 7) is 0. The molecule has 0 radical (unpaired) electrons. The van der Waals surface area contributed by atoms with Gasteiger partial charge < -0.3 is 0 Å². The molecule has 2 aromatic rings. The first-order chi connectivity index (χ1) is 12.9. The second kappa shape index (κ2) is 8.79. The standard InChI is InChI=1S/C24H32N2/c1-3-7-19(8-4-1)15-21-11-13-25-23(17-21)24-18-22(12-14-26-24)16-20-9-5-2-6-10-20/h11-14,17-20H,1-10,15-16H2. The van der Waals surface area contributed by atoms with E-state index in [1.54, 1.807) is 0 Å². The van der Waals surface area contributed by atoms with Crippen LogP contribution in [0.1, 0.15) is 75.3 Å². The molecule has 2 aliphatic rings. The molecule has 26 heavy (non-hydrogen) atoms. The summed E-state index contributed by atoms with van der Waals surface area (Å²) in [7, 11) is 0. The molecule has 2 nitrogen and oxygen atoms in total. The lowest BCUT2D eigenvalue weighted by Gasteiger charge is -2.22. The third kappa shape index (κ3) is 4.72. The molecule has 2 fully saturated rings. The molecule has 0 N–H and O–H groups in total. The van der Waals surface area contributed by atoms with Gasteiger partial charge in [0.15, 0.2) is 0 Å². The van der Waals surface area contributed by atoms with E-state index in [4.69, 9.17) is 0 Å². The van der Waals surface area contributed by atoms with Gasteiger partial charge in [0.05, 0.1) is 11.4 Å². The van der Waals surface area contributed by atoms with Gasteiger partial charge in [-0.25, -0.2) is 0 Å². The third-order valence-corrected chi connectivity index (χ3v) is 6.41. The van der Waals surface area contributed by atoms with Crippen molar-refractivity contribution < 1.29 is 0 Å². The number of pyridine rings is 2. The largest absolute Gasteiger partial charge is 0.255 e. The molecule has 0 unspecified atom stereocenters. The van der Waals surface area contributed by atoms with Gasteiger partial charge in [-0.15, -0.1) is 0 Å². The minimum Gasteiger partial charge on any atom is -0.255 e. The van der Waals surface area contributed by atoms with E-state index in [2.05, 4.69) is 34.2 Å². The number of hydrogen-bond donors (Lipinski definition) is 0. The quantitative estimate of drug-likeness (QED) is 0.625. The molecule has 0 spiro atoms. The van der Waals surface area contributed by atoms with Crippen LogP contribution in [-0.2, 0) is 12.8 Å². The Morgan fingerprint density at radius 2 is 1.04 bits per heavy atom. The summed E-state index contributed by atoms with van der Waals surface area (Å²) in [5, 5.41) is 0. The zero-order valence-corrected chi connectivity index (χ0v) is 16.0. The molecule has 2 aromatic heterocycles. The fraction of sp³-hybridized carbons (Fsp3) is 0.583. The van der Waals surface area contributed by atoms with Crippen molar-refractivity contribution in [1.82, 2.24) is 9.97 Å². The molecule has 2 aliphatic carbocycles. The van der Waals surface area contributed by atoms with Crippen molar-refractivity contribution in [2.45, 2.75) is 77.0 Å². The lowest BCUT2D eigenvalue weighted by Crippen LogP contribution is -2.10. The van der Waals surface area contributed by atoms with Gasteiger partial charge in [0.25, 0.3) is 0 Å². The highest BCUT2D eigenvalue weighted by atomic mass is 14.8. The lowest BCUT2D eigenvalue weighted by atomic mass is 9.84. The highest BCUT2D eigenvalue weighted by molar-refractivity contribution is 5.55. The van der Waals surface area contributed by atoms with Crippen LogP contribution in [-0.4, -0.2) is 9.97 Å². The van der Waals surface area contributed by atoms with Gasteiger partial charge >= 0.3 is 0 Å². The summed E-state index contributed by atoms with van der Waals surface area (Å²) in [6.07, 6.45) is 20.4. The Morgan fingerprint density at radius 1 is 0.615 bits per heavy atom. The maximum Gasteiger partial charge on any atom is 0.0888 e. The van der Waals surface area contributed by atoms with E-state index < -0.39 is 0 Å². The van der Waals surface area contributed by atoms with Crippen molar-refractivity contribution in [2.24, 2.45) is 11.8 Å². The average molecular weight is 349 g/mol. The number of hydrogen-bond acceptors (Lipinski definition) is 2. The average Bonchev–Trinajstić information content (AvgIpc) is 2.70. The summed E-state index contributed by atoms with van der Waals surface area (Å²) in [6, 6.07) is 8.95. The minimum atomic E-state index is 0.865. The molecular weight excluding hydrogens is 316 g/mol. The van der Waals surface area contributed by atoms with E-state index in [9.17, 15) is 0 Å². The molecule has 4 rings (SSSR count). The maximum atomic E-state index is 4.63. The van der Waals surface area contributed by atoms with Crippen LogP contribution in [0.25, 0.3) is 11.4 Å². The summed E-state index contributed by atoms with van der Waals surface area (Å²) in [4.78, 5) is 9.26. The fourth-order valence-electron chi connectivity index (χ4n) is 4.93. The van der Waals surface area contributed by atoms with Gasteiger partial charge in [-0.05, 0) is 60.1 Å². The molecule has 0 bridgehead atoms. The lowest BCUT2D eigenvalue weighted by molar-refractivity contribution is 0.356. The highest BCUT2D eigenvalue weighted by Gasteiger charge is 2.16. The molecule has 0 amide bonds. The van der Waals surface area contributed by atoms with Gasteiger partial charge in [-0.1, -0.05) is 64.2 Å². The molecule has 2 saturated carbocycles. The predicted molar refractivity (Wildman–Crippen MR) is 108 cm³/mol. The molecule has 138 valence electrons. The molecule has 2 heterocycles. The first-order valence-electron chi connectivity index (χ1n) is 10.8. The van der Waals surface area contributed by atoms with Crippen molar-refractivity contribution >= 4 is 0 Å². The zero-order chi connectivity index (χ0) is 17.6. The Kier molecular flexibility index (Phi) is 5.99. The number of aromatic nitrogens is 2. The van der Waals surface area contributed by atoms with Crippen molar-refractivity contribution in [1.29, 1.82) is 0 Å². The Morgan fingerprint density at radius 3 is 1.46 bits per heavy atom. The van der Waals surface area contributed by atoms with E-state index in [0.717, 1.165) is 23.2 Å². The first kappa shape index (κ1) is 17.7. The molecular formula is C24H32N2. The topological polar surface area (TPSA) is 25.8 Å². The molecule has 2 heteroatoms. The summed E-state index contributed by atoms with van der Waals surface area (Å²) in [5.41, 5.74) is 4.95. The summed E-state index contributed by atoms with van der Waals surface area (Å²) < 4.78 is 0. The maximum absolute atomic E-state index is 4.63. The van der Waals surface area contributed by atoms with Crippen molar-refractivity contribution in [2.75, 3.05) is 0 Å². The number of rotatable bonds is 5. The van der Waals surface area contributed by atoms with Crippen molar-refractivity contribution in [3.63, 3.8) is 0 Å². The van der Waals surface area contributed by atoms with Crippen LogP contribution in [0.4, 0.5) is 0 Å². The molecule has 0 aromatic carbocycles. The first-order valence-corrected chi connectivity index (χ1v) is 10.8. The zero-order valence-electron chi connectivity index (χ0n) is 16.0. The van der Waals surface area contributed by atoms with E-state index in [1.165, 1.54) is 88.2 Å². The monoisotopic (exact) mass is 348 g/mol. The predicted octanol–water partition coefficient (Wildman–Crippen LogP) is 6.39. The highest BCUT2D eigenvalue weighted by Crippen LogP contribution is 2.29. The Labute approximate surface area is 158 Å². The Balaban J connectivity index is 1.46. The van der Waals surface area contributed by atoms with Crippen LogP contribution < -0.4 is 0 Å². The van der Waals surface area contributed by atoms with Crippen LogP contribution in [0, 0.1) is 11.8 Å². The Hall–Kier alpha value is -1.70. The van der Waals surface area contributed by atoms with Gasteiger partial charge in [-0.2, -0.15) is 0 Å². The molecule has 0 saturated heterocycles. The second-order valence-corrected chi connectivity index (χ2v) is 8.51. The van der Waals surface area contributed by atoms with E-state index >= 15 is 0 Å². The van der Waals surface area contributed by atoms with E-state index in [0.29, 0.717) is 0 Å². The summed E-state index contributed by atoms with van der Waals surface area (Å²) >= 11 is 0. The van der Waals surface area contributed by atoms with Gasteiger partial charge in [0, 0.05) is 12.4 Å². The fourth-order valence-corrected chi connectivity index (χ4v) is 4.93. The summed E-state index contributed by atoms with van der Waals surface area (Å²) in [5.74, 6) is 1.73.